The Balaban J connectivity index is 1.87. The van der Waals surface area contributed by atoms with Gasteiger partial charge in [0.1, 0.15) is 11.5 Å². The number of ether oxygens (including phenoxy) is 1. The van der Waals surface area contributed by atoms with Crippen LogP contribution in [0.3, 0.4) is 0 Å². The van der Waals surface area contributed by atoms with E-state index in [1.807, 2.05) is 31.2 Å². The van der Waals surface area contributed by atoms with Gasteiger partial charge in [-0.05, 0) is 36.2 Å². The molecule has 0 saturated carbocycles. The van der Waals surface area contributed by atoms with Crippen LogP contribution < -0.4 is 15.4 Å². The zero-order valence-corrected chi connectivity index (χ0v) is 12.9. The van der Waals surface area contributed by atoms with E-state index in [2.05, 4.69) is 10.6 Å². The number of amides is 2. The number of benzene rings is 2. The van der Waals surface area contributed by atoms with Gasteiger partial charge in [0, 0.05) is 5.02 Å². The van der Waals surface area contributed by atoms with Crippen molar-refractivity contribution in [3.63, 3.8) is 0 Å². The van der Waals surface area contributed by atoms with E-state index in [1.165, 1.54) is 18.2 Å². The third-order valence-electron chi connectivity index (χ3n) is 3.02. The van der Waals surface area contributed by atoms with E-state index < -0.39 is 6.03 Å². The molecule has 0 aliphatic heterocycles. The van der Waals surface area contributed by atoms with Gasteiger partial charge in [-0.1, -0.05) is 36.7 Å². The topological polar surface area (TPSA) is 70.6 Å². The molecule has 0 heterocycles. The number of aromatic hydroxyl groups is 1. The van der Waals surface area contributed by atoms with Crippen molar-refractivity contribution in [2.24, 2.45) is 0 Å². The summed E-state index contributed by atoms with van der Waals surface area (Å²) in [7, 11) is 0. The summed E-state index contributed by atoms with van der Waals surface area (Å²) in [4.78, 5) is 11.8. The Hall–Kier alpha value is -2.40. The first kappa shape index (κ1) is 16.0. The highest BCUT2D eigenvalue weighted by atomic mass is 35.5. The van der Waals surface area contributed by atoms with Gasteiger partial charge in [0.05, 0.1) is 5.69 Å². The fourth-order valence-electron chi connectivity index (χ4n) is 1.89. The first-order valence-electron chi connectivity index (χ1n) is 6.84. The maximum absolute atomic E-state index is 11.8. The van der Waals surface area contributed by atoms with Gasteiger partial charge < -0.3 is 20.5 Å². The Morgan fingerprint density at radius 3 is 2.82 bits per heavy atom. The lowest BCUT2D eigenvalue weighted by Crippen LogP contribution is -2.32. The van der Waals surface area contributed by atoms with Gasteiger partial charge in [0.2, 0.25) is 0 Å². The predicted molar refractivity (Wildman–Crippen MR) is 86.6 cm³/mol. The molecule has 2 aromatic carbocycles. The van der Waals surface area contributed by atoms with Gasteiger partial charge in [-0.2, -0.15) is 0 Å². The first-order valence-corrected chi connectivity index (χ1v) is 7.22. The van der Waals surface area contributed by atoms with Crippen LogP contribution in [-0.2, 0) is 6.42 Å². The molecule has 0 saturated heterocycles. The summed E-state index contributed by atoms with van der Waals surface area (Å²) in [5.41, 5.74) is 1.30. The Kier molecular flexibility index (Phi) is 5.49. The zero-order chi connectivity index (χ0) is 15.9. The molecule has 0 aliphatic carbocycles. The Morgan fingerprint density at radius 2 is 2.05 bits per heavy atom. The monoisotopic (exact) mass is 320 g/mol. The van der Waals surface area contributed by atoms with Gasteiger partial charge in [-0.25, -0.2) is 4.79 Å². The molecule has 2 aromatic rings. The Bertz CT molecular complexity index is 662. The standard InChI is InChI=1S/C16H17ClN2O3/c1-2-11-5-3-4-6-15(11)22-10-18-16(21)19-13-9-12(17)7-8-14(13)20/h3-9,20H,2,10H2,1H3,(H2,18,19,21). The van der Waals surface area contributed by atoms with Crippen molar-refractivity contribution in [3.05, 3.63) is 53.1 Å². The molecular formula is C16H17ClN2O3. The summed E-state index contributed by atoms with van der Waals surface area (Å²) in [5.74, 6) is 0.674. The molecule has 0 aromatic heterocycles. The third kappa shape index (κ3) is 4.30. The molecule has 116 valence electrons. The molecule has 22 heavy (non-hydrogen) atoms. The van der Waals surface area contributed by atoms with Gasteiger partial charge in [-0.15, -0.1) is 0 Å². The van der Waals surface area contributed by atoms with Crippen LogP contribution in [0.2, 0.25) is 5.02 Å². The van der Waals surface area contributed by atoms with Crippen LogP contribution in [0.4, 0.5) is 10.5 Å². The smallest absolute Gasteiger partial charge is 0.321 e. The number of anilines is 1. The van der Waals surface area contributed by atoms with Crippen molar-refractivity contribution < 1.29 is 14.6 Å². The Labute approximate surface area is 133 Å². The van der Waals surface area contributed by atoms with E-state index in [-0.39, 0.29) is 18.2 Å². The first-order chi connectivity index (χ1) is 10.6. The number of urea groups is 1. The molecule has 0 spiro atoms. The molecule has 0 fully saturated rings. The molecule has 3 N–H and O–H groups in total. The predicted octanol–water partition coefficient (Wildman–Crippen LogP) is 3.77. The van der Waals surface area contributed by atoms with E-state index in [9.17, 15) is 9.90 Å². The highest BCUT2D eigenvalue weighted by Crippen LogP contribution is 2.26. The number of phenolic OH excluding ortho intramolecular Hbond substituents is 1. The number of carbonyl (C=O) groups is 1. The summed E-state index contributed by atoms with van der Waals surface area (Å²) in [6, 6.07) is 11.5. The van der Waals surface area contributed by atoms with Gasteiger partial charge >= 0.3 is 6.03 Å². The second-order valence-corrected chi connectivity index (χ2v) is 4.98. The molecule has 0 atom stereocenters. The summed E-state index contributed by atoms with van der Waals surface area (Å²) in [6.07, 6.45) is 0.846. The average molecular weight is 321 g/mol. The van der Waals surface area contributed by atoms with Crippen LogP contribution in [0.15, 0.2) is 42.5 Å². The largest absolute Gasteiger partial charge is 0.506 e. The summed E-state index contributed by atoms with van der Waals surface area (Å²) < 4.78 is 5.53. The van der Waals surface area contributed by atoms with Crippen LogP contribution in [0.5, 0.6) is 11.5 Å². The lowest BCUT2D eigenvalue weighted by Gasteiger charge is -2.12. The zero-order valence-electron chi connectivity index (χ0n) is 12.1. The highest BCUT2D eigenvalue weighted by Gasteiger charge is 2.07. The second-order valence-electron chi connectivity index (χ2n) is 4.54. The summed E-state index contributed by atoms with van der Waals surface area (Å²) in [5, 5.41) is 15.1. The molecule has 6 heteroatoms. The average Bonchev–Trinajstić information content (AvgIpc) is 2.51. The van der Waals surface area contributed by atoms with Crippen LogP contribution in [0.25, 0.3) is 0 Å². The number of hydrogen-bond donors (Lipinski definition) is 3. The highest BCUT2D eigenvalue weighted by molar-refractivity contribution is 6.31. The molecular weight excluding hydrogens is 304 g/mol. The van der Waals surface area contributed by atoms with Crippen LogP contribution >= 0.6 is 11.6 Å². The van der Waals surface area contributed by atoms with Gasteiger partial charge in [-0.3, -0.25) is 0 Å². The van der Waals surface area contributed by atoms with Crippen LogP contribution in [0.1, 0.15) is 12.5 Å². The van der Waals surface area contributed by atoms with Crippen molar-refractivity contribution in [1.82, 2.24) is 5.32 Å². The molecule has 0 bridgehead atoms. The fraction of sp³-hybridized carbons (Fsp3) is 0.188. The number of para-hydroxylation sites is 1. The number of carbonyl (C=O) groups excluding carboxylic acids is 1. The van der Waals surface area contributed by atoms with Crippen molar-refractivity contribution in [1.29, 1.82) is 0 Å². The Morgan fingerprint density at radius 1 is 1.27 bits per heavy atom. The van der Waals surface area contributed by atoms with Crippen molar-refractivity contribution >= 4 is 23.3 Å². The summed E-state index contributed by atoms with van der Waals surface area (Å²) >= 11 is 5.81. The normalized spacial score (nSPS) is 10.1. The SMILES string of the molecule is CCc1ccccc1OCNC(=O)Nc1cc(Cl)ccc1O. The van der Waals surface area contributed by atoms with Crippen molar-refractivity contribution in [2.45, 2.75) is 13.3 Å². The molecule has 2 amide bonds. The van der Waals surface area contributed by atoms with E-state index in [1.54, 1.807) is 0 Å². The maximum Gasteiger partial charge on any atom is 0.321 e. The molecule has 0 radical (unpaired) electrons. The lowest BCUT2D eigenvalue weighted by atomic mass is 10.1. The molecule has 5 nitrogen and oxygen atoms in total. The maximum atomic E-state index is 11.8. The minimum Gasteiger partial charge on any atom is -0.506 e. The number of rotatable bonds is 5. The van der Waals surface area contributed by atoms with Gasteiger partial charge in [0.25, 0.3) is 0 Å². The fourth-order valence-corrected chi connectivity index (χ4v) is 2.06. The van der Waals surface area contributed by atoms with Crippen LogP contribution in [-0.4, -0.2) is 17.9 Å². The van der Waals surface area contributed by atoms with Crippen molar-refractivity contribution in [3.8, 4) is 11.5 Å². The van der Waals surface area contributed by atoms with E-state index in [0.717, 1.165) is 17.7 Å². The number of hydrogen-bond acceptors (Lipinski definition) is 3. The number of aryl methyl sites for hydroxylation is 1. The number of phenols is 1. The van der Waals surface area contributed by atoms with E-state index >= 15 is 0 Å². The summed E-state index contributed by atoms with van der Waals surface area (Å²) in [6.45, 7) is 2.05. The minimum atomic E-state index is -0.494. The number of nitrogens with one attached hydrogen (secondary N) is 2. The van der Waals surface area contributed by atoms with E-state index in [0.29, 0.717) is 5.02 Å². The molecule has 0 unspecified atom stereocenters. The van der Waals surface area contributed by atoms with Crippen LogP contribution in [0, 0.1) is 0 Å². The number of halogens is 1. The lowest BCUT2D eigenvalue weighted by molar-refractivity contribution is 0.234. The van der Waals surface area contributed by atoms with E-state index in [4.69, 9.17) is 16.3 Å². The molecule has 0 aliphatic rings. The quantitative estimate of drug-likeness (QED) is 0.580. The molecule has 2 rings (SSSR count). The third-order valence-corrected chi connectivity index (χ3v) is 3.26. The minimum absolute atomic E-state index is 0.0180. The second kappa shape index (κ2) is 7.56. The van der Waals surface area contributed by atoms with Gasteiger partial charge in [0.15, 0.2) is 6.73 Å². The van der Waals surface area contributed by atoms with Crippen molar-refractivity contribution in [2.75, 3.05) is 12.0 Å².